The summed E-state index contributed by atoms with van der Waals surface area (Å²) in [6.45, 7) is 3.56. The number of rotatable bonds is 2. The molecule has 1 atom stereocenters. The van der Waals surface area contributed by atoms with Gasteiger partial charge in [0.15, 0.2) is 5.82 Å². The van der Waals surface area contributed by atoms with Crippen molar-refractivity contribution in [3.8, 4) is 5.69 Å². The van der Waals surface area contributed by atoms with Gasteiger partial charge in [-0.25, -0.2) is 4.39 Å². The van der Waals surface area contributed by atoms with Crippen molar-refractivity contribution in [1.82, 2.24) is 20.2 Å². The monoisotopic (exact) mass is 318 g/mol. The second-order valence-corrected chi connectivity index (χ2v) is 5.13. The van der Waals surface area contributed by atoms with E-state index in [0.29, 0.717) is 16.0 Å². The lowest BCUT2D eigenvalue weighted by molar-refractivity contribution is 0.618. The molecule has 2 rings (SSSR count). The van der Waals surface area contributed by atoms with Crippen molar-refractivity contribution in [3.63, 3.8) is 0 Å². The van der Waals surface area contributed by atoms with Gasteiger partial charge < -0.3 is 0 Å². The molecule has 0 amide bonds. The lowest BCUT2D eigenvalue weighted by Gasteiger charge is -2.09. The highest BCUT2D eigenvalue weighted by molar-refractivity contribution is 9.10. The summed E-state index contributed by atoms with van der Waals surface area (Å²) in [6, 6.07) is 3.05. The van der Waals surface area contributed by atoms with Gasteiger partial charge in [0.2, 0.25) is 0 Å². The quantitative estimate of drug-likeness (QED) is 0.799. The molecule has 0 radical (unpaired) electrons. The maximum Gasteiger partial charge on any atom is 0.174 e. The summed E-state index contributed by atoms with van der Waals surface area (Å²) < 4.78 is 15.2. The molecule has 7 heteroatoms. The molecule has 1 heterocycles. The van der Waals surface area contributed by atoms with Crippen molar-refractivity contribution in [1.29, 1.82) is 0 Å². The summed E-state index contributed by atoms with van der Waals surface area (Å²) in [5.41, 5.74) is 1.43. The zero-order chi connectivity index (χ0) is 12.6. The minimum atomic E-state index is -0.326. The summed E-state index contributed by atoms with van der Waals surface area (Å²) in [5, 5.41) is 11.0. The number of tetrazole rings is 1. The fraction of sp³-hybridized carbons (Fsp3) is 0.300. The Morgan fingerprint density at radius 1 is 1.47 bits per heavy atom. The topological polar surface area (TPSA) is 43.6 Å². The van der Waals surface area contributed by atoms with Crippen LogP contribution in [0.5, 0.6) is 0 Å². The maximum atomic E-state index is 13.3. The van der Waals surface area contributed by atoms with Gasteiger partial charge in [0.1, 0.15) is 5.82 Å². The van der Waals surface area contributed by atoms with Gasteiger partial charge in [-0.3, -0.25) is 0 Å². The molecule has 2 aromatic rings. The highest BCUT2D eigenvalue weighted by Gasteiger charge is 2.16. The van der Waals surface area contributed by atoms with Crippen LogP contribution in [0.3, 0.4) is 0 Å². The largest absolute Gasteiger partial charge is 0.206 e. The molecule has 1 aromatic carbocycles. The lowest BCUT2D eigenvalue weighted by Crippen LogP contribution is -2.06. The number of halogens is 3. The van der Waals surface area contributed by atoms with E-state index < -0.39 is 0 Å². The van der Waals surface area contributed by atoms with Gasteiger partial charge in [-0.2, -0.15) is 4.68 Å². The minimum Gasteiger partial charge on any atom is -0.206 e. The third-order valence-electron chi connectivity index (χ3n) is 2.32. The Labute approximate surface area is 111 Å². The Hall–Kier alpha value is -1.01. The van der Waals surface area contributed by atoms with E-state index in [1.165, 1.54) is 10.7 Å². The number of hydrogen-bond donors (Lipinski definition) is 0. The van der Waals surface area contributed by atoms with E-state index in [4.69, 9.17) is 11.6 Å². The van der Waals surface area contributed by atoms with Crippen LogP contribution in [0.1, 0.15) is 23.7 Å². The first-order valence-electron chi connectivity index (χ1n) is 4.89. The standard InChI is InChI=1S/C10H9BrClFN4/c1-5-3-8(13)7(11)4-9(5)17-10(6(2)12)14-15-16-17/h3-4,6H,1-2H3. The fourth-order valence-electron chi connectivity index (χ4n) is 1.48. The molecule has 0 fully saturated rings. The van der Waals surface area contributed by atoms with Crippen LogP contribution in [0, 0.1) is 12.7 Å². The van der Waals surface area contributed by atoms with E-state index in [0.717, 1.165) is 5.56 Å². The molecular weight excluding hydrogens is 310 g/mol. The second-order valence-electron chi connectivity index (χ2n) is 3.62. The molecule has 90 valence electrons. The predicted molar refractivity (Wildman–Crippen MR) is 65.8 cm³/mol. The van der Waals surface area contributed by atoms with Crippen LogP contribution in [-0.2, 0) is 0 Å². The average Bonchev–Trinajstić information content (AvgIpc) is 2.72. The normalized spacial score (nSPS) is 12.8. The molecule has 1 aromatic heterocycles. The van der Waals surface area contributed by atoms with Gasteiger partial charge in [-0.05, 0) is 57.9 Å². The molecule has 0 aliphatic carbocycles. The van der Waals surface area contributed by atoms with Crippen LogP contribution < -0.4 is 0 Å². The SMILES string of the molecule is Cc1cc(F)c(Br)cc1-n1nnnc1C(C)Cl. The zero-order valence-electron chi connectivity index (χ0n) is 9.15. The van der Waals surface area contributed by atoms with Crippen molar-refractivity contribution in [2.75, 3.05) is 0 Å². The first-order valence-corrected chi connectivity index (χ1v) is 6.12. The molecule has 0 N–H and O–H groups in total. The van der Waals surface area contributed by atoms with E-state index in [2.05, 4.69) is 31.5 Å². The summed E-state index contributed by atoms with van der Waals surface area (Å²) in [5.74, 6) is 0.202. The Morgan fingerprint density at radius 3 is 2.82 bits per heavy atom. The number of benzene rings is 1. The average molecular weight is 320 g/mol. The van der Waals surface area contributed by atoms with Crippen molar-refractivity contribution < 1.29 is 4.39 Å². The molecule has 0 bridgehead atoms. The molecule has 0 saturated heterocycles. The Bertz CT molecular complexity index is 555. The number of aromatic nitrogens is 4. The smallest absolute Gasteiger partial charge is 0.174 e. The van der Waals surface area contributed by atoms with Crippen molar-refractivity contribution in [2.24, 2.45) is 0 Å². The number of alkyl halides is 1. The Kier molecular flexibility index (Phi) is 3.44. The first-order chi connectivity index (χ1) is 8.00. The Morgan fingerprint density at radius 2 is 2.18 bits per heavy atom. The maximum absolute atomic E-state index is 13.3. The van der Waals surface area contributed by atoms with Crippen LogP contribution in [0.15, 0.2) is 16.6 Å². The van der Waals surface area contributed by atoms with Crippen LogP contribution in [0.2, 0.25) is 0 Å². The van der Waals surface area contributed by atoms with E-state index in [9.17, 15) is 4.39 Å². The van der Waals surface area contributed by atoms with Gasteiger partial charge in [-0.1, -0.05) is 0 Å². The second kappa shape index (κ2) is 4.70. The van der Waals surface area contributed by atoms with Gasteiger partial charge >= 0.3 is 0 Å². The predicted octanol–water partition coefficient (Wildman–Crippen LogP) is 3.17. The third-order valence-corrected chi connectivity index (χ3v) is 3.12. The molecule has 0 saturated carbocycles. The highest BCUT2D eigenvalue weighted by Crippen LogP contribution is 2.25. The van der Waals surface area contributed by atoms with Crippen LogP contribution in [0.4, 0.5) is 4.39 Å². The van der Waals surface area contributed by atoms with Crippen molar-refractivity contribution in [3.05, 3.63) is 33.8 Å². The summed E-state index contributed by atoms with van der Waals surface area (Å²) in [7, 11) is 0. The summed E-state index contributed by atoms with van der Waals surface area (Å²) >= 11 is 9.11. The van der Waals surface area contributed by atoms with Gasteiger partial charge in [0, 0.05) is 0 Å². The van der Waals surface area contributed by atoms with E-state index in [-0.39, 0.29) is 11.2 Å². The number of hydrogen-bond acceptors (Lipinski definition) is 3. The van der Waals surface area contributed by atoms with Gasteiger partial charge in [0.25, 0.3) is 0 Å². The van der Waals surface area contributed by atoms with Crippen LogP contribution >= 0.6 is 27.5 Å². The van der Waals surface area contributed by atoms with Crippen molar-refractivity contribution >= 4 is 27.5 Å². The molecule has 0 aliphatic heterocycles. The Balaban J connectivity index is 2.60. The number of nitrogens with zero attached hydrogens (tertiary/aromatic N) is 4. The zero-order valence-corrected chi connectivity index (χ0v) is 11.5. The van der Waals surface area contributed by atoms with E-state index in [1.54, 1.807) is 19.9 Å². The highest BCUT2D eigenvalue weighted by atomic mass is 79.9. The van der Waals surface area contributed by atoms with E-state index >= 15 is 0 Å². The molecular formula is C10H9BrClFN4. The molecule has 4 nitrogen and oxygen atoms in total. The summed E-state index contributed by atoms with van der Waals surface area (Å²) in [6.07, 6.45) is 0. The van der Waals surface area contributed by atoms with Crippen LogP contribution in [-0.4, -0.2) is 20.2 Å². The van der Waals surface area contributed by atoms with Crippen LogP contribution in [0.25, 0.3) is 5.69 Å². The van der Waals surface area contributed by atoms with E-state index in [1.807, 2.05) is 0 Å². The number of aryl methyl sites for hydroxylation is 1. The summed E-state index contributed by atoms with van der Waals surface area (Å²) in [4.78, 5) is 0. The minimum absolute atomic E-state index is 0.320. The lowest BCUT2D eigenvalue weighted by atomic mass is 10.2. The van der Waals surface area contributed by atoms with Gasteiger partial charge in [0.05, 0.1) is 15.5 Å². The van der Waals surface area contributed by atoms with Gasteiger partial charge in [-0.15, -0.1) is 16.7 Å². The molecule has 0 spiro atoms. The molecule has 1 unspecified atom stereocenters. The molecule has 0 aliphatic rings. The first kappa shape index (κ1) is 12.4. The fourth-order valence-corrected chi connectivity index (χ4v) is 1.94. The molecule has 17 heavy (non-hydrogen) atoms. The van der Waals surface area contributed by atoms with Crippen molar-refractivity contribution in [2.45, 2.75) is 19.2 Å². The third kappa shape index (κ3) is 2.32.